The predicted molar refractivity (Wildman–Crippen MR) is 76.2 cm³/mol. The molecule has 0 radical (unpaired) electrons. The van der Waals surface area contributed by atoms with Gasteiger partial charge in [0.2, 0.25) is 0 Å². The third kappa shape index (κ3) is 2.49. The molecule has 3 nitrogen and oxygen atoms in total. The molecular weight excluding hydrogens is 262 g/mol. The van der Waals surface area contributed by atoms with Crippen molar-refractivity contribution in [2.75, 3.05) is 18.1 Å². The fraction of sp³-hybridized carbons (Fsp3) is 0.533. The Morgan fingerprint density at radius 1 is 1.32 bits per heavy atom. The van der Waals surface area contributed by atoms with Crippen molar-refractivity contribution >= 4 is 23.6 Å². The van der Waals surface area contributed by atoms with E-state index in [-0.39, 0.29) is 0 Å². The Labute approximate surface area is 118 Å². The molecule has 2 unspecified atom stereocenters. The zero-order valence-electron chi connectivity index (χ0n) is 10.8. The Hall–Kier alpha value is -1.06. The van der Waals surface area contributed by atoms with Gasteiger partial charge in [0.1, 0.15) is 6.29 Å². The number of ether oxygens (including phenoxy) is 1. The van der Waals surface area contributed by atoms with E-state index in [0.717, 1.165) is 38.0 Å². The zero-order valence-corrected chi connectivity index (χ0v) is 11.6. The van der Waals surface area contributed by atoms with E-state index < -0.39 is 0 Å². The second-order valence-corrected chi connectivity index (χ2v) is 5.69. The van der Waals surface area contributed by atoms with Crippen LogP contribution in [0.1, 0.15) is 36.0 Å². The molecule has 0 aromatic heterocycles. The van der Waals surface area contributed by atoms with E-state index in [1.165, 1.54) is 12.8 Å². The Balaban J connectivity index is 1.89. The van der Waals surface area contributed by atoms with Gasteiger partial charge in [-0.1, -0.05) is 24.4 Å². The lowest BCUT2D eigenvalue weighted by Crippen LogP contribution is -2.52. The highest BCUT2D eigenvalue weighted by Crippen LogP contribution is 2.35. The average molecular weight is 280 g/mol. The van der Waals surface area contributed by atoms with Crippen LogP contribution in [0.3, 0.4) is 0 Å². The number of nitrogens with zero attached hydrogens (tertiary/aromatic N) is 1. The van der Waals surface area contributed by atoms with E-state index in [2.05, 4.69) is 4.90 Å². The van der Waals surface area contributed by atoms with Gasteiger partial charge in [0.25, 0.3) is 0 Å². The molecule has 102 valence electrons. The highest BCUT2D eigenvalue weighted by molar-refractivity contribution is 6.33. The minimum atomic E-state index is 0.337. The third-order valence-electron chi connectivity index (χ3n) is 4.15. The Kier molecular flexibility index (Phi) is 3.76. The van der Waals surface area contributed by atoms with Gasteiger partial charge < -0.3 is 9.64 Å². The van der Waals surface area contributed by atoms with Crippen molar-refractivity contribution in [3.8, 4) is 0 Å². The molecule has 0 N–H and O–H groups in total. The van der Waals surface area contributed by atoms with Gasteiger partial charge in [0.05, 0.1) is 29.5 Å². The molecule has 0 bridgehead atoms. The maximum absolute atomic E-state index is 10.8. The van der Waals surface area contributed by atoms with Gasteiger partial charge in [-0.15, -0.1) is 0 Å². The lowest BCUT2D eigenvalue weighted by Gasteiger charge is -2.45. The van der Waals surface area contributed by atoms with E-state index >= 15 is 0 Å². The van der Waals surface area contributed by atoms with E-state index in [9.17, 15) is 4.79 Å². The summed E-state index contributed by atoms with van der Waals surface area (Å²) in [4.78, 5) is 13.1. The molecule has 2 fully saturated rings. The number of hydrogen-bond donors (Lipinski definition) is 0. The molecule has 19 heavy (non-hydrogen) atoms. The van der Waals surface area contributed by atoms with Crippen LogP contribution in [0, 0.1) is 0 Å². The maximum Gasteiger partial charge on any atom is 0.150 e. The van der Waals surface area contributed by atoms with Crippen LogP contribution < -0.4 is 4.90 Å². The molecule has 4 heteroatoms. The van der Waals surface area contributed by atoms with Crippen molar-refractivity contribution in [2.45, 2.75) is 37.8 Å². The summed E-state index contributed by atoms with van der Waals surface area (Å²) < 4.78 is 5.88. The van der Waals surface area contributed by atoms with E-state index in [1.807, 2.05) is 12.1 Å². The molecule has 1 aliphatic carbocycles. The number of carbonyl (C=O) groups excluding carboxylic acids is 1. The minimum Gasteiger partial charge on any atom is -0.374 e. The van der Waals surface area contributed by atoms with Gasteiger partial charge in [0, 0.05) is 12.1 Å². The molecule has 1 saturated heterocycles. The number of carbonyl (C=O) groups is 1. The van der Waals surface area contributed by atoms with Crippen LogP contribution >= 0.6 is 11.6 Å². The Bertz CT molecular complexity index is 475. The molecule has 1 heterocycles. The molecule has 1 aromatic rings. The fourth-order valence-electron chi connectivity index (χ4n) is 3.22. The van der Waals surface area contributed by atoms with Crippen LogP contribution in [0.2, 0.25) is 5.02 Å². The standard InChI is InChI=1S/C15H18ClNO2/c16-12-9-11(10-18)5-6-13(12)17-7-8-19-15-4-2-1-3-14(15)17/h5-6,9-10,14-15H,1-4,7-8H2. The number of benzene rings is 1. The van der Waals surface area contributed by atoms with Crippen molar-refractivity contribution in [1.82, 2.24) is 0 Å². The summed E-state index contributed by atoms with van der Waals surface area (Å²) in [6, 6.07) is 5.98. The van der Waals surface area contributed by atoms with Crippen molar-refractivity contribution in [2.24, 2.45) is 0 Å². The molecule has 0 spiro atoms. The van der Waals surface area contributed by atoms with E-state index in [1.54, 1.807) is 6.07 Å². The normalized spacial score (nSPS) is 26.9. The van der Waals surface area contributed by atoms with Gasteiger partial charge in [-0.2, -0.15) is 0 Å². The van der Waals surface area contributed by atoms with Crippen LogP contribution in [0.4, 0.5) is 5.69 Å². The molecule has 1 saturated carbocycles. The van der Waals surface area contributed by atoms with Crippen LogP contribution in [0.25, 0.3) is 0 Å². The smallest absolute Gasteiger partial charge is 0.150 e. The van der Waals surface area contributed by atoms with E-state index in [0.29, 0.717) is 22.7 Å². The second-order valence-electron chi connectivity index (χ2n) is 5.28. The van der Waals surface area contributed by atoms with E-state index in [4.69, 9.17) is 16.3 Å². The minimum absolute atomic E-state index is 0.337. The molecule has 3 rings (SSSR count). The zero-order chi connectivity index (χ0) is 13.2. The van der Waals surface area contributed by atoms with Gasteiger partial charge in [-0.25, -0.2) is 0 Å². The third-order valence-corrected chi connectivity index (χ3v) is 4.45. The number of halogens is 1. The van der Waals surface area contributed by atoms with Crippen molar-refractivity contribution in [3.05, 3.63) is 28.8 Å². The van der Waals surface area contributed by atoms with Gasteiger partial charge in [-0.05, 0) is 31.0 Å². The lowest BCUT2D eigenvalue weighted by atomic mass is 9.89. The molecular formula is C15H18ClNO2. The van der Waals surface area contributed by atoms with Crippen LogP contribution in [-0.4, -0.2) is 31.6 Å². The summed E-state index contributed by atoms with van der Waals surface area (Å²) in [6.07, 6.45) is 5.99. The fourth-order valence-corrected chi connectivity index (χ4v) is 3.52. The van der Waals surface area contributed by atoms with Crippen LogP contribution in [-0.2, 0) is 4.74 Å². The first-order chi connectivity index (χ1) is 9.29. The monoisotopic (exact) mass is 279 g/mol. The van der Waals surface area contributed by atoms with Crippen molar-refractivity contribution in [1.29, 1.82) is 0 Å². The molecule has 2 aliphatic rings. The van der Waals surface area contributed by atoms with Gasteiger partial charge >= 0.3 is 0 Å². The van der Waals surface area contributed by atoms with Gasteiger partial charge in [0.15, 0.2) is 0 Å². The first-order valence-corrected chi connectivity index (χ1v) is 7.30. The average Bonchev–Trinajstić information content (AvgIpc) is 2.46. The number of hydrogen-bond acceptors (Lipinski definition) is 3. The summed E-state index contributed by atoms with van der Waals surface area (Å²) in [5.41, 5.74) is 1.66. The largest absolute Gasteiger partial charge is 0.374 e. The predicted octanol–water partition coefficient (Wildman–Crippen LogP) is 3.30. The topological polar surface area (TPSA) is 29.5 Å². The summed E-state index contributed by atoms with van der Waals surface area (Å²) in [5, 5.41) is 0.663. The van der Waals surface area contributed by atoms with Gasteiger partial charge in [-0.3, -0.25) is 4.79 Å². The maximum atomic E-state index is 10.8. The summed E-state index contributed by atoms with van der Waals surface area (Å²) in [5.74, 6) is 0. The van der Waals surface area contributed by atoms with Crippen molar-refractivity contribution < 1.29 is 9.53 Å². The quantitative estimate of drug-likeness (QED) is 0.778. The first-order valence-electron chi connectivity index (χ1n) is 6.92. The highest BCUT2D eigenvalue weighted by atomic mass is 35.5. The number of rotatable bonds is 2. The summed E-state index contributed by atoms with van der Waals surface area (Å²) in [7, 11) is 0. The first kappa shape index (κ1) is 12.9. The SMILES string of the molecule is O=Cc1ccc(N2CCOC3CCCCC32)c(Cl)c1. The summed E-state index contributed by atoms with van der Waals surface area (Å²) >= 11 is 6.33. The molecule has 2 atom stereocenters. The number of anilines is 1. The Morgan fingerprint density at radius 3 is 2.95 bits per heavy atom. The van der Waals surface area contributed by atoms with Crippen LogP contribution in [0.15, 0.2) is 18.2 Å². The number of fused-ring (bicyclic) bond motifs is 1. The second kappa shape index (κ2) is 5.51. The Morgan fingerprint density at radius 2 is 2.16 bits per heavy atom. The number of morpholine rings is 1. The molecule has 1 aliphatic heterocycles. The molecule has 0 amide bonds. The lowest BCUT2D eigenvalue weighted by molar-refractivity contribution is -0.00866. The highest BCUT2D eigenvalue weighted by Gasteiger charge is 2.34. The summed E-state index contributed by atoms with van der Waals surface area (Å²) in [6.45, 7) is 1.63. The van der Waals surface area contributed by atoms with Crippen LogP contribution in [0.5, 0.6) is 0 Å². The van der Waals surface area contributed by atoms with Crippen molar-refractivity contribution in [3.63, 3.8) is 0 Å². The molecule has 1 aromatic carbocycles. The number of aldehydes is 1.